The number of pyridine rings is 1. The Balaban J connectivity index is 1.62. The number of hydrogen-bond donors (Lipinski definition) is 1. The first-order chi connectivity index (χ1) is 16.6. The number of ether oxygens (including phenoxy) is 1. The summed E-state index contributed by atoms with van der Waals surface area (Å²) in [7, 11) is 0. The summed E-state index contributed by atoms with van der Waals surface area (Å²) in [5, 5.41) is 13.7. The van der Waals surface area contributed by atoms with Crippen molar-refractivity contribution in [2.24, 2.45) is 5.92 Å². The second-order valence-corrected chi connectivity index (χ2v) is 9.06. The van der Waals surface area contributed by atoms with Crippen LogP contribution >= 0.6 is 0 Å². The molecular weight excluding hydrogens is 428 g/mol. The molecule has 176 valence electrons. The lowest BCUT2D eigenvalue weighted by atomic mass is 9.95. The molecule has 8 heteroatoms. The molecule has 1 N–H and O–H groups in total. The molecule has 0 bridgehead atoms. The minimum atomic E-state index is -0.342. The van der Waals surface area contributed by atoms with Gasteiger partial charge in [-0.05, 0) is 72.5 Å². The van der Waals surface area contributed by atoms with Crippen molar-refractivity contribution in [1.29, 1.82) is 0 Å². The van der Waals surface area contributed by atoms with Gasteiger partial charge in [-0.15, -0.1) is 5.10 Å². The number of rotatable bonds is 7. The second-order valence-electron chi connectivity index (χ2n) is 9.06. The average Bonchev–Trinajstić information content (AvgIpc) is 3.28. The quantitative estimate of drug-likeness (QED) is 0.453. The third-order valence-electron chi connectivity index (χ3n) is 6.48. The van der Waals surface area contributed by atoms with Crippen LogP contribution in [0.1, 0.15) is 49.7 Å². The Labute approximate surface area is 198 Å². The number of benzene rings is 2. The van der Waals surface area contributed by atoms with Crippen molar-refractivity contribution < 1.29 is 4.74 Å². The van der Waals surface area contributed by atoms with Crippen LogP contribution in [0.3, 0.4) is 0 Å². The fourth-order valence-corrected chi connectivity index (χ4v) is 4.90. The molecule has 4 aromatic rings. The summed E-state index contributed by atoms with van der Waals surface area (Å²) in [5.74, 6) is 2.01. The van der Waals surface area contributed by atoms with Gasteiger partial charge in [-0.2, -0.15) is 0 Å². The van der Waals surface area contributed by atoms with Gasteiger partial charge in [0.1, 0.15) is 11.8 Å². The molecule has 34 heavy (non-hydrogen) atoms. The third-order valence-corrected chi connectivity index (χ3v) is 6.48. The van der Waals surface area contributed by atoms with Crippen LogP contribution in [-0.4, -0.2) is 49.8 Å². The third kappa shape index (κ3) is 4.59. The van der Waals surface area contributed by atoms with E-state index in [1.807, 2.05) is 54.1 Å². The predicted molar refractivity (Wildman–Crippen MR) is 131 cm³/mol. The largest absolute Gasteiger partial charge is 0.494 e. The Morgan fingerprint density at radius 3 is 2.82 bits per heavy atom. The van der Waals surface area contributed by atoms with Crippen LogP contribution in [0.25, 0.3) is 10.9 Å². The maximum Gasteiger partial charge on any atom is 0.253 e. The van der Waals surface area contributed by atoms with Gasteiger partial charge < -0.3 is 9.72 Å². The highest BCUT2D eigenvalue weighted by molar-refractivity contribution is 5.80. The number of hydrogen-bond acceptors (Lipinski definition) is 6. The van der Waals surface area contributed by atoms with E-state index in [1.165, 1.54) is 6.42 Å². The summed E-state index contributed by atoms with van der Waals surface area (Å²) in [6.07, 6.45) is 2.27. The molecule has 1 fully saturated rings. The highest BCUT2D eigenvalue weighted by Crippen LogP contribution is 2.31. The number of likely N-dealkylation sites (tertiary alicyclic amines) is 1. The van der Waals surface area contributed by atoms with Gasteiger partial charge in [-0.1, -0.05) is 37.3 Å². The Morgan fingerprint density at radius 1 is 1.18 bits per heavy atom. The standard InChI is InChI=1S/C26H30N6O2/c1-3-34-21-11-12-23-20(14-21)15-22(26(33)27-23)24(31-13-7-8-18(2)16-31)25-28-29-30-32(25)17-19-9-5-4-6-10-19/h4-6,9-12,14-15,18,24H,3,7-8,13,16-17H2,1-2H3,(H,27,33)/t18-,24-/m0/s1. The van der Waals surface area contributed by atoms with Crippen molar-refractivity contribution in [3.8, 4) is 5.75 Å². The van der Waals surface area contributed by atoms with Crippen LogP contribution in [0.4, 0.5) is 0 Å². The molecule has 0 aliphatic carbocycles. The Kier molecular flexibility index (Phi) is 6.40. The summed E-state index contributed by atoms with van der Waals surface area (Å²) in [5.41, 5.74) is 2.43. The van der Waals surface area contributed by atoms with Gasteiger partial charge in [0.2, 0.25) is 0 Å². The van der Waals surface area contributed by atoms with Gasteiger partial charge in [0.05, 0.1) is 13.2 Å². The summed E-state index contributed by atoms with van der Waals surface area (Å²) < 4.78 is 7.51. The van der Waals surface area contributed by atoms with E-state index in [0.717, 1.165) is 41.7 Å². The molecule has 2 atom stereocenters. The number of aromatic nitrogens is 5. The molecule has 1 saturated heterocycles. The molecule has 3 heterocycles. The zero-order valence-electron chi connectivity index (χ0n) is 19.6. The number of nitrogens with one attached hydrogen (secondary N) is 1. The topological polar surface area (TPSA) is 88.9 Å². The van der Waals surface area contributed by atoms with Crippen LogP contribution in [0.5, 0.6) is 5.75 Å². The minimum Gasteiger partial charge on any atom is -0.494 e. The Hall–Kier alpha value is -3.52. The lowest BCUT2D eigenvalue weighted by Gasteiger charge is -2.36. The highest BCUT2D eigenvalue weighted by atomic mass is 16.5. The van der Waals surface area contributed by atoms with E-state index in [2.05, 4.69) is 44.5 Å². The molecule has 1 aliphatic rings. The summed E-state index contributed by atoms with van der Waals surface area (Å²) in [6, 6.07) is 17.5. The van der Waals surface area contributed by atoms with Gasteiger partial charge in [0.15, 0.2) is 5.82 Å². The fraction of sp³-hybridized carbons (Fsp3) is 0.385. The van der Waals surface area contributed by atoms with Gasteiger partial charge in [-0.25, -0.2) is 4.68 Å². The van der Waals surface area contributed by atoms with E-state index in [0.29, 0.717) is 30.5 Å². The monoisotopic (exact) mass is 458 g/mol. The van der Waals surface area contributed by atoms with Crippen molar-refractivity contribution >= 4 is 10.9 Å². The molecule has 1 aliphatic heterocycles. The molecule has 0 amide bonds. The normalized spacial score (nSPS) is 17.6. The SMILES string of the molecule is CCOc1ccc2[nH]c(=O)c([C@@H](c3nnnn3Cc3ccccc3)N3CCC[C@H](C)C3)cc2c1. The van der Waals surface area contributed by atoms with Gasteiger partial charge in [0, 0.05) is 23.0 Å². The smallest absolute Gasteiger partial charge is 0.253 e. The number of tetrazole rings is 1. The number of fused-ring (bicyclic) bond motifs is 1. The van der Waals surface area contributed by atoms with Crippen molar-refractivity contribution in [3.05, 3.63) is 81.9 Å². The summed E-state index contributed by atoms with van der Waals surface area (Å²) in [6.45, 7) is 7.13. The fourth-order valence-electron chi connectivity index (χ4n) is 4.90. The van der Waals surface area contributed by atoms with E-state index < -0.39 is 0 Å². The Morgan fingerprint density at radius 2 is 2.03 bits per heavy atom. The lowest BCUT2D eigenvalue weighted by molar-refractivity contribution is 0.141. The molecule has 0 spiro atoms. The van der Waals surface area contributed by atoms with Crippen molar-refractivity contribution in [1.82, 2.24) is 30.1 Å². The molecular formula is C26H30N6O2. The zero-order chi connectivity index (χ0) is 23.5. The average molecular weight is 459 g/mol. The van der Waals surface area contributed by atoms with Crippen LogP contribution < -0.4 is 10.3 Å². The first-order valence-corrected chi connectivity index (χ1v) is 12.0. The molecule has 8 nitrogen and oxygen atoms in total. The van der Waals surface area contributed by atoms with Gasteiger partial charge >= 0.3 is 0 Å². The molecule has 0 unspecified atom stereocenters. The van der Waals surface area contributed by atoms with Crippen LogP contribution in [0.2, 0.25) is 0 Å². The van der Waals surface area contributed by atoms with E-state index >= 15 is 0 Å². The molecule has 0 saturated carbocycles. The van der Waals surface area contributed by atoms with E-state index in [9.17, 15) is 4.79 Å². The van der Waals surface area contributed by atoms with E-state index in [-0.39, 0.29) is 11.6 Å². The van der Waals surface area contributed by atoms with Crippen molar-refractivity contribution in [2.75, 3.05) is 19.7 Å². The number of piperidine rings is 1. The minimum absolute atomic E-state index is 0.117. The van der Waals surface area contributed by atoms with E-state index in [1.54, 1.807) is 0 Å². The lowest BCUT2D eigenvalue weighted by Crippen LogP contribution is -2.41. The first-order valence-electron chi connectivity index (χ1n) is 12.0. The second kappa shape index (κ2) is 9.77. The van der Waals surface area contributed by atoms with Crippen LogP contribution in [0.15, 0.2) is 59.4 Å². The molecule has 5 rings (SSSR count). The zero-order valence-corrected chi connectivity index (χ0v) is 19.6. The van der Waals surface area contributed by atoms with Gasteiger partial charge in [-0.3, -0.25) is 9.69 Å². The maximum atomic E-state index is 13.4. The number of aromatic amines is 1. The Bertz CT molecular complexity index is 1320. The van der Waals surface area contributed by atoms with Crippen molar-refractivity contribution in [2.45, 2.75) is 39.3 Å². The maximum absolute atomic E-state index is 13.4. The van der Waals surface area contributed by atoms with E-state index in [4.69, 9.17) is 4.74 Å². The van der Waals surface area contributed by atoms with Crippen LogP contribution in [-0.2, 0) is 6.54 Å². The van der Waals surface area contributed by atoms with Crippen molar-refractivity contribution in [3.63, 3.8) is 0 Å². The predicted octanol–water partition coefficient (Wildman–Crippen LogP) is 3.78. The molecule has 2 aromatic heterocycles. The number of nitrogens with zero attached hydrogens (tertiary/aromatic N) is 5. The number of H-pyrrole nitrogens is 1. The molecule has 0 radical (unpaired) electrons. The summed E-state index contributed by atoms with van der Waals surface area (Å²) in [4.78, 5) is 18.8. The summed E-state index contributed by atoms with van der Waals surface area (Å²) >= 11 is 0. The van der Waals surface area contributed by atoms with Gasteiger partial charge in [0.25, 0.3) is 5.56 Å². The highest BCUT2D eigenvalue weighted by Gasteiger charge is 2.32. The van der Waals surface area contributed by atoms with Crippen LogP contribution in [0, 0.1) is 5.92 Å². The molecule has 2 aromatic carbocycles. The first kappa shape index (κ1) is 22.3.